The third-order valence-corrected chi connectivity index (χ3v) is 4.59. The number of ether oxygens (including phenoxy) is 2. The number of rotatable bonds is 7. The van der Waals surface area contributed by atoms with Gasteiger partial charge in [0.15, 0.2) is 0 Å². The summed E-state index contributed by atoms with van der Waals surface area (Å²) >= 11 is 7.07. The van der Waals surface area contributed by atoms with Crippen LogP contribution < -0.4 is 9.47 Å². The third kappa shape index (κ3) is 4.86. The molecule has 0 spiro atoms. The summed E-state index contributed by atoms with van der Waals surface area (Å²) in [7, 11) is 0. The van der Waals surface area contributed by atoms with Gasteiger partial charge in [0.2, 0.25) is 0 Å². The number of carbonyl (C=O) groups is 1. The lowest BCUT2D eigenvalue weighted by atomic mass is 10.2. The van der Waals surface area contributed by atoms with Gasteiger partial charge in [0, 0.05) is 22.9 Å². The Kier molecular flexibility index (Phi) is 7.23. The molecule has 2 rings (SSSR count). The fourth-order valence-corrected chi connectivity index (χ4v) is 2.93. The van der Waals surface area contributed by atoms with Gasteiger partial charge in [-0.2, -0.15) is 0 Å². The smallest absolute Gasteiger partial charge is 0.310 e. The van der Waals surface area contributed by atoms with Crippen molar-refractivity contribution in [1.82, 2.24) is 0 Å². The highest BCUT2D eigenvalue weighted by molar-refractivity contribution is 7.98. The van der Waals surface area contributed by atoms with Gasteiger partial charge in [-0.15, -0.1) is 11.8 Å². The molecule has 0 unspecified atom stereocenters. The van der Waals surface area contributed by atoms with Crippen LogP contribution in [0.3, 0.4) is 0 Å². The first-order valence-electron chi connectivity index (χ1n) is 7.63. The highest BCUT2D eigenvalue weighted by atomic mass is 35.5. The summed E-state index contributed by atoms with van der Waals surface area (Å²) in [6.07, 6.45) is -0.916. The van der Waals surface area contributed by atoms with Gasteiger partial charge < -0.3 is 9.47 Å². The summed E-state index contributed by atoms with van der Waals surface area (Å²) in [5.41, 5.74) is -0.0666. The maximum Gasteiger partial charge on any atom is 0.310 e. The zero-order chi connectivity index (χ0) is 19.3. The van der Waals surface area contributed by atoms with Gasteiger partial charge in [0.25, 0.3) is 6.43 Å². The highest BCUT2D eigenvalue weighted by Gasteiger charge is 2.19. The molecule has 0 aromatic heterocycles. The molecule has 0 aliphatic carbocycles. The molecule has 0 saturated heterocycles. The number of halogens is 4. The number of thioether (sulfide) groups is 1. The van der Waals surface area contributed by atoms with Crippen molar-refractivity contribution in [2.24, 2.45) is 0 Å². The first-order chi connectivity index (χ1) is 12.4. The van der Waals surface area contributed by atoms with Crippen molar-refractivity contribution in [3.8, 4) is 11.5 Å². The number of esters is 1. The number of benzene rings is 2. The van der Waals surface area contributed by atoms with E-state index >= 15 is 0 Å². The van der Waals surface area contributed by atoms with Gasteiger partial charge in [-0.05, 0) is 24.5 Å². The number of alkyl halides is 2. The summed E-state index contributed by atoms with van der Waals surface area (Å²) in [4.78, 5) is 12.4. The van der Waals surface area contributed by atoms with Gasteiger partial charge >= 0.3 is 5.97 Å². The normalized spacial score (nSPS) is 10.9. The lowest BCUT2D eigenvalue weighted by Crippen LogP contribution is -2.09. The maximum absolute atomic E-state index is 13.5. The number of hydrogen-bond acceptors (Lipinski definition) is 4. The summed E-state index contributed by atoms with van der Waals surface area (Å²) in [6.45, 7) is 1.51. The minimum absolute atomic E-state index is 0.148. The zero-order valence-corrected chi connectivity index (χ0v) is 15.6. The van der Waals surface area contributed by atoms with Crippen LogP contribution in [0.5, 0.6) is 11.5 Å². The van der Waals surface area contributed by atoms with Gasteiger partial charge in [-0.1, -0.05) is 24.6 Å². The molecule has 0 bridgehead atoms. The van der Waals surface area contributed by atoms with E-state index in [1.807, 2.05) is 6.26 Å². The second-order valence-corrected chi connectivity index (χ2v) is 6.41. The molecule has 140 valence electrons. The lowest BCUT2D eigenvalue weighted by Gasteiger charge is -2.16. The van der Waals surface area contributed by atoms with E-state index in [4.69, 9.17) is 21.1 Å². The van der Waals surface area contributed by atoms with E-state index in [2.05, 4.69) is 0 Å². The van der Waals surface area contributed by atoms with E-state index in [0.717, 1.165) is 11.0 Å². The Morgan fingerprint density at radius 3 is 2.62 bits per heavy atom. The summed E-state index contributed by atoms with van der Waals surface area (Å²) < 4.78 is 50.5. The summed E-state index contributed by atoms with van der Waals surface area (Å²) in [6, 6.07) is 6.77. The van der Waals surface area contributed by atoms with E-state index < -0.39 is 23.8 Å². The van der Waals surface area contributed by atoms with Crippen molar-refractivity contribution >= 4 is 29.3 Å². The predicted molar refractivity (Wildman–Crippen MR) is 94.8 cm³/mol. The first kappa shape index (κ1) is 20.5. The molecule has 2 aromatic rings. The van der Waals surface area contributed by atoms with Crippen LogP contribution in [-0.4, -0.2) is 12.2 Å². The van der Waals surface area contributed by atoms with Gasteiger partial charge in [0.1, 0.15) is 23.9 Å². The molecular formula is C18H16ClF3O3S. The fraction of sp³-hybridized carbons (Fsp3) is 0.278. The minimum atomic E-state index is -2.93. The second kappa shape index (κ2) is 9.19. The van der Waals surface area contributed by atoms with Crippen molar-refractivity contribution in [1.29, 1.82) is 0 Å². The summed E-state index contributed by atoms with van der Waals surface area (Å²) in [5.74, 6) is -1.32. The Balaban J connectivity index is 2.35. The van der Waals surface area contributed by atoms with Gasteiger partial charge in [0.05, 0.1) is 10.6 Å². The molecule has 0 amide bonds. The standard InChI is InChI=1S/C18H16ClF3O3S/c1-3-17(23)25-14-5-4-6-16(26-2)11(14)9-24-15-8-12(19)13(20)7-10(15)18(21)22/h4-8,18H,3,9H2,1-2H3. The SMILES string of the molecule is CCC(=O)Oc1cccc(SC)c1COc1cc(Cl)c(F)cc1C(F)F. The average Bonchev–Trinajstić information content (AvgIpc) is 2.62. The molecule has 0 N–H and O–H groups in total. The molecule has 0 heterocycles. The molecule has 8 heteroatoms. The average molecular weight is 405 g/mol. The molecule has 3 nitrogen and oxygen atoms in total. The van der Waals surface area contributed by atoms with Crippen LogP contribution in [0.15, 0.2) is 35.2 Å². The minimum Gasteiger partial charge on any atom is -0.488 e. The molecule has 0 aliphatic heterocycles. The number of hydrogen-bond donors (Lipinski definition) is 0. The Bertz CT molecular complexity index is 799. The molecule has 0 fully saturated rings. The molecule has 2 aromatic carbocycles. The Morgan fingerprint density at radius 1 is 1.27 bits per heavy atom. The largest absolute Gasteiger partial charge is 0.488 e. The monoisotopic (exact) mass is 404 g/mol. The van der Waals surface area contributed by atoms with Crippen LogP contribution in [0.25, 0.3) is 0 Å². The van der Waals surface area contributed by atoms with E-state index in [-0.39, 0.29) is 29.5 Å². The van der Waals surface area contributed by atoms with Crippen LogP contribution in [0, 0.1) is 5.82 Å². The quantitative estimate of drug-likeness (QED) is 0.320. The maximum atomic E-state index is 13.5. The first-order valence-corrected chi connectivity index (χ1v) is 9.24. The fourth-order valence-electron chi connectivity index (χ4n) is 2.16. The van der Waals surface area contributed by atoms with Crippen molar-refractivity contribution in [2.45, 2.75) is 31.3 Å². The number of carbonyl (C=O) groups excluding carboxylic acids is 1. The lowest BCUT2D eigenvalue weighted by molar-refractivity contribution is -0.134. The zero-order valence-electron chi connectivity index (χ0n) is 14.0. The predicted octanol–water partition coefficient (Wildman–Crippen LogP) is 6.03. The Morgan fingerprint density at radius 2 is 2.00 bits per heavy atom. The molecule has 0 atom stereocenters. The van der Waals surface area contributed by atoms with Crippen molar-refractivity contribution in [3.63, 3.8) is 0 Å². The second-order valence-electron chi connectivity index (χ2n) is 5.16. The highest BCUT2D eigenvalue weighted by Crippen LogP contribution is 2.36. The third-order valence-electron chi connectivity index (χ3n) is 3.48. The molecular weight excluding hydrogens is 389 g/mol. The van der Waals surface area contributed by atoms with Crippen LogP contribution in [0.4, 0.5) is 13.2 Å². The van der Waals surface area contributed by atoms with Gasteiger partial charge in [-0.25, -0.2) is 13.2 Å². The van der Waals surface area contributed by atoms with Crippen molar-refractivity contribution in [3.05, 3.63) is 52.3 Å². The van der Waals surface area contributed by atoms with Crippen molar-refractivity contribution < 1.29 is 27.4 Å². The van der Waals surface area contributed by atoms with Crippen molar-refractivity contribution in [2.75, 3.05) is 6.26 Å². The Hall–Kier alpha value is -1.86. The topological polar surface area (TPSA) is 35.5 Å². The van der Waals surface area contributed by atoms with E-state index in [0.29, 0.717) is 11.6 Å². The Labute approximate surface area is 158 Å². The van der Waals surface area contributed by atoms with Crippen LogP contribution in [0.2, 0.25) is 5.02 Å². The van der Waals surface area contributed by atoms with E-state index in [1.54, 1.807) is 25.1 Å². The molecule has 0 radical (unpaired) electrons. The molecule has 0 saturated carbocycles. The van der Waals surface area contributed by atoms with E-state index in [1.165, 1.54) is 11.8 Å². The summed E-state index contributed by atoms with van der Waals surface area (Å²) in [5, 5.41) is -0.319. The molecule has 0 aliphatic rings. The van der Waals surface area contributed by atoms with Crippen LogP contribution in [0.1, 0.15) is 30.9 Å². The van der Waals surface area contributed by atoms with Crippen LogP contribution >= 0.6 is 23.4 Å². The molecule has 26 heavy (non-hydrogen) atoms. The van der Waals surface area contributed by atoms with Gasteiger partial charge in [-0.3, -0.25) is 4.79 Å². The van der Waals surface area contributed by atoms with E-state index in [9.17, 15) is 18.0 Å². The van der Waals surface area contributed by atoms with Crippen LogP contribution in [-0.2, 0) is 11.4 Å².